The molecule has 0 aromatic heterocycles. The molecule has 1 fully saturated rings. The first kappa shape index (κ1) is 25.7. The van der Waals surface area contributed by atoms with E-state index in [1.54, 1.807) is 49.6 Å². The predicted molar refractivity (Wildman–Crippen MR) is 151 cm³/mol. The normalized spacial score (nSPS) is 14.4. The number of fused-ring (bicyclic) bond motifs is 1. The number of ether oxygens (including phenoxy) is 3. The molecule has 192 valence electrons. The Bertz CT molecular complexity index is 1530. The largest absolute Gasteiger partial charge is 0.493 e. The van der Waals surface area contributed by atoms with Crippen molar-refractivity contribution in [1.29, 1.82) is 0 Å². The molecule has 38 heavy (non-hydrogen) atoms. The summed E-state index contributed by atoms with van der Waals surface area (Å²) in [4.78, 5) is 26.9. The maximum Gasteiger partial charge on any atom is 0.293 e. The molecule has 6 nitrogen and oxygen atoms in total. The minimum atomic E-state index is -0.363. The van der Waals surface area contributed by atoms with Gasteiger partial charge in [0.15, 0.2) is 11.5 Å². The highest BCUT2D eigenvalue weighted by Gasteiger charge is 2.34. The van der Waals surface area contributed by atoms with Crippen molar-refractivity contribution in [3.8, 4) is 17.2 Å². The molecule has 8 heteroatoms. The van der Waals surface area contributed by atoms with Gasteiger partial charge in [-0.1, -0.05) is 72.3 Å². The van der Waals surface area contributed by atoms with E-state index in [2.05, 4.69) is 18.2 Å². The van der Waals surface area contributed by atoms with Crippen molar-refractivity contribution >= 4 is 51.4 Å². The standard InChI is InChI=1S/C30H24ClNO5S/c1-35-27-17-20(13-14-26(27)37-19-22-9-6-8-21-7-2-3-10-23(21)22)18-28-29(33)32(30(34)38-28)15-16-36-25-12-5-4-11-24(25)31/h2-14,17-18H,15-16,19H2,1H3/b28-18-. The number of carbonyl (C=O) groups is 2. The molecule has 5 rings (SSSR count). The van der Waals surface area contributed by atoms with Gasteiger partial charge < -0.3 is 14.2 Å². The van der Waals surface area contributed by atoms with Crippen LogP contribution in [0.25, 0.3) is 16.8 Å². The lowest BCUT2D eigenvalue weighted by molar-refractivity contribution is -0.123. The van der Waals surface area contributed by atoms with E-state index in [1.165, 1.54) is 4.90 Å². The maximum absolute atomic E-state index is 12.9. The number of amides is 2. The number of rotatable bonds is 9. The third-order valence-corrected chi connectivity index (χ3v) is 7.25. The van der Waals surface area contributed by atoms with E-state index in [9.17, 15) is 9.59 Å². The minimum Gasteiger partial charge on any atom is -0.493 e. The Morgan fingerprint density at radius 2 is 1.66 bits per heavy atom. The minimum absolute atomic E-state index is 0.123. The number of hydrogen-bond donors (Lipinski definition) is 0. The molecule has 0 saturated carbocycles. The molecule has 0 aliphatic carbocycles. The second-order valence-electron chi connectivity index (χ2n) is 8.45. The van der Waals surface area contributed by atoms with Crippen molar-refractivity contribution in [1.82, 2.24) is 4.90 Å². The third-order valence-electron chi connectivity index (χ3n) is 6.03. The molecule has 4 aromatic rings. The zero-order chi connectivity index (χ0) is 26.5. The van der Waals surface area contributed by atoms with E-state index in [1.807, 2.05) is 30.3 Å². The van der Waals surface area contributed by atoms with E-state index < -0.39 is 0 Å². The summed E-state index contributed by atoms with van der Waals surface area (Å²) in [5, 5.41) is 2.42. The number of halogens is 1. The van der Waals surface area contributed by atoms with Crippen molar-refractivity contribution < 1.29 is 23.8 Å². The number of thioether (sulfide) groups is 1. The van der Waals surface area contributed by atoms with Crippen LogP contribution < -0.4 is 14.2 Å². The van der Waals surface area contributed by atoms with Gasteiger partial charge in [-0.25, -0.2) is 0 Å². The molecule has 0 atom stereocenters. The number of benzene rings is 4. The number of hydrogen-bond acceptors (Lipinski definition) is 6. The number of nitrogens with zero attached hydrogens (tertiary/aromatic N) is 1. The van der Waals surface area contributed by atoms with Crippen LogP contribution in [0.15, 0.2) is 89.8 Å². The molecule has 1 aliphatic rings. The molecular weight excluding hydrogens is 522 g/mol. The lowest BCUT2D eigenvalue weighted by Gasteiger charge is -2.14. The van der Waals surface area contributed by atoms with Crippen LogP contribution in [0.1, 0.15) is 11.1 Å². The van der Waals surface area contributed by atoms with E-state index >= 15 is 0 Å². The summed E-state index contributed by atoms with van der Waals surface area (Å²) < 4.78 is 17.3. The van der Waals surface area contributed by atoms with Crippen LogP contribution in [-0.4, -0.2) is 36.3 Å². The van der Waals surface area contributed by atoms with Crippen LogP contribution in [0.5, 0.6) is 17.2 Å². The topological polar surface area (TPSA) is 65.1 Å². The van der Waals surface area contributed by atoms with Gasteiger partial charge >= 0.3 is 0 Å². The first-order valence-corrected chi connectivity index (χ1v) is 13.1. The van der Waals surface area contributed by atoms with Crippen molar-refractivity contribution in [3.05, 3.63) is 106 Å². The number of carbonyl (C=O) groups excluding carboxylic acids is 2. The van der Waals surface area contributed by atoms with Crippen LogP contribution in [0.2, 0.25) is 5.02 Å². The number of methoxy groups -OCH3 is 1. The van der Waals surface area contributed by atoms with Crippen LogP contribution >= 0.6 is 23.4 Å². The lowest BCUT2D eigenvalue weighted by Crippen LogP contribution is -2.32. The smallest absolute Gasteiger partial charge is 0.293 e. The number of para-hydroxylation sites is 1. The first-order chi connectivity index (χ1) is 18.5. The summed E-state index contributed by atoms with van der Waals surface area (Å²) in [6.45, 7) is 0.648. The van der Waals surface area contributed by atoms with Gasteiger partial charge in [0.1, 0.15) is 19.0 Å². The van der Waals surface area contributed by atoms with Gasteiger partial charge in [0, 0.05) is 0 Å². The molecular formula is C30H24ClNO5S. The summed E-state index contributed by atoms with van der Waals surface area (Å²) >= 11 is 6.99. The summed E-state index contributed by atoms with van der Waals surface area (Å²) in [7, 11) is 1.57. The van der Waals surface area contributed by atoms with E-state index in [0.717, 1.165) is 33.7 Å². The van der Waals surface area contributed by atoms with E-state index in [0.29, 0.717) is 33.8 Å². The van der Waals surface area contributed by atoms with Gasteiger partial charge in [0.2, 0.25) is 0 Å². The first-order valence-electron chi connectivity index (χ1n) is 11.9. The van der Waals surface area contributed by atoms with Gasteiger partial charge in [0.05, 0.1) is 23.6 Å². The number of imide groups is 1. The van der Waals surface area contributed by atoms with Gasteiger partial charge in [-0.2, -0.15) is 0 Å². The quantitative estimate of drug-likeness (QED) is 0.207. The van der Waals surface area contributed by atoms with E-state index in [-0.39, 0.29) is 24.3 Å². The Morgan fingerprint density at radius 1 is 0.868 bits per heavy atom. The van der Waals surface area contributed by atoms with Crippen LogP contribution in [0.3, 0.4) is 0 Å². The van der Waals surface area contributed by atoms with Crippen LogP contribution in [0, 0.1) is 0 Å². The van der Waals surface area contributed by atoms with Crippen molar-refractivity contribution in [3.63, 3.8) is 0 Å². The molecule has 1 heterocycles. The molecule has 0 radical (unpaired) electrons. The molecule has 4 aromatic carbocycles. The van der Waals surface area contributed by atoms with Gasteiger partial charge in [0.25, 0.3) is 11.1 Å². The molecule has 2 amide bonds. The Balaban J connectivity index is 1.25. The highest BCUT2D eigenvalue weighted by atomic mass is 35.5. The summed E-state index contributed by atoms with van der Waals surface area (Å²) in [5.74, 6) is 1.26. The molecule has 1 aliphatic heterocycles. The van der Waals surface area contributed by atoms with Crippen LogP contribution in [-0.2, 0) is 11.4 Å². The Kier molecular flexibility index (Phi) is 7.86. The van der Waals surface area contributed by atoms with Gasteiger partial charge in [-0.05, 0) is 64.0 Å². The molecule has 0 unspecified atom stereocenters. The monoisotopic (exact) mass is 545 g/mol. The average Bonchev–Trinajstić information content (AvgIpc) is 3.20. The van der Waals surface area contributed by atoms with Gasteiger partial charge in [-0.3, -0.25) is 14.5 Å². The van der Waals surface area contributed by atoms with Crippen molar-refractivity contribution in [2.24, 2.45) is 0 Å². The van der Waals surface area contributed by atoms with Crippen molar-refractivity contribution in [2.45, 2.75) is 6.61 Å². The second-order valence-corrected chi connectivity index (χ2v) is 9.85. The summed E-state index contributed by atoms with van der Waals surface area (Å²) in [6.07, 6.45) is 1.68. The Hall–Kier alpha value is -3.94. The Morgan fingerprint density at radius 3 is 2.50 bits per heavy atom. The molecule has 0 spiro atoms. The fourth-order valence-electron chi connectivity index (χ4n) is 4.12. The lowest BCUT2D eigenvalue weighted by atomic mass is 10.1. The SMILES string of the molecule is COc1cc(/C=C2\SC(=O)N(CCOc3ccccc3Cl)C2=O)ccc1OCc1cccc2ccccc12. The fourth-order valence-corrected chi connectivity index (χ4v) is 5.18. The second kappa shape index (κ2) is 11.6. The third kappa shape index (κ3) is 5.64. The highest BCUT2D eigenvalue weighted by molar-refractivity contribution is 8.18. The van der Waals surface area contributed by atoms with Crippen LogP contribution in [0.4, 0.5) is 4.79 Å². The average molecular weight is 546 g/mol. The molecule has 0 bridgehead atoms. The summed E-state index contributed by atoms with van der Waals surface area (Å²) in [6, 6.07) is 26.8. The maximum atomic E-state index is 12.9. The fraction of sp³-hybridized carbons (Fsp3) is 0.133. The zero-order valence-electron chi connectivity index (χ0n) is 20.6. The predicted octanol–water partition coefficient (Wildman–Crippen LogP) is 7.20. The highest BCUT2D eigenvalue weighted by Crippen LogP contribution is 2.35. The zero-order valence-corrected chi connectivity index (χ0v) is 22.1. The Labute approximate surface area is 229 Å². The molecule has 1 saturated heterocycles. The molecule has 0 N–H and O–H groups in total. The van der Waals surface area contributed by atoms with E-state index in [4.69, 9.17) is 25.8 Å². The van der Waals surface area contributed by atoms with Crippen molar-refractivity contribution in [2.75, 3.05) is 20.3 Å². The summed E-state index contributed by atoms with van der Waals surface area (Å²) in [5.41, 5.74) is 1.79. The van der Waals surface area contributed by atoms with Gasteiger partial charge in [-0.15, -0.1) is 0 Å².